The fourth-order valence-corrected chi connectivity index (χ4v) is 1.92. The minimum atomic E-state index is 0.632. The average molecular weight is 207 g/mol. The van der Waals surface area contributed by atoms with E-state index in [4.69, 9.17) is 16.2 Å². The van der Waals surface area contributed by atoms with Gasteiger partial charge in [0.15, 0.2) is 0 Å². The van der Waals surface area contributed by atoms with Crippen molar-refractivity contribution in [3.05, 3.63) is 18.0 Å². The van der Waals surface area contributed by atoms with Crippen molar-refractivity contribution in [2.75, 3.05) is 24.7 Å². The molecule has 1 aromatic heterocycles. The molecule has 0 aliphatic carbocycles. The summed E-state index contributed by atoms with van der Waals surface area (Å²) in [5.74, 6) is 0.635. The van der Waals surface area contributed by atoms with Crippen molar-refractivity contribution in [3.63, 3.8) is 0 Å². The van der Waals surface area contributed by atoms with Gasteiger partial charge in [-0.25, -0.2) is 0 Å². The molecule has 0 radical (unpaired) electrons. The molecule has 0 aromatic carbocycles. The average Bonchev–Trinajstić information content (AvgIpc) is 2.26. The van der Waals surface area contributed by atoms with E-state index < -0.39 is 0 Å². The van der Waals surface area contributed by atoms with Gasteiger partial charge in [-0.3, -0.25) is 4.98 Å². The van der Waals surface area contributed by atoms with Crippen molar-refractivity contribution in [2.45, 2.75) is 19.3 Å². The van der Waals surface area contributed by atoms with Gasteiger partial charge in [-0.05, 0) is 31.2 Å². The highest BCUT2D eigenvalue weighted by Crippen LogP contribution is 2.24. The Morgan fingerprint density at radius 2 is 2.07 bits per heavy atom. The smallest absolute Gasteiger partial charge is 0.0766 e. The molecule has 4 heteroatoms. The van der Waals surface area contributed by atoms with Crippen LogP contribution in [0, 0.1) is 5.92 Å². The lowest BCUT2D eigenvalue weighted by Crippen LogP contribution is -2.18. The molecule has 2 heterocycles. The zero-order chi connectivity index (χ0) is 10.7. The van der Waals surface area contributed by atoms with Gasteiger partial charge in [-0.1, -0.05) is 0 Å². The third kappa shape index (κ3) is 2.39. The molecule has 1 aliphatic rings. The van der Waals surface area contributed by atoms with Crippen LogP contribution in [0.4, 0.5) is 11.4 Å². The highest BCUT2D eigenvalue weighted by Gasteiger charge is 2.16. The summed E-state index contributed by atoms with van der Waals surface area (Å²) < 4.78 is 5.32. The lowest BCUT2D eigenvalue weighted by Gasteiger charge is -2.22. The number of ether oxygens (including phenoxy) is 1. The van der Waals surface area contributed by atoms with E-state index in [-0.39, 0.29) is 0 Å². The molecule has 2 rings (SSSR count). The maximum Gasteiger partial charge on any atom is 0.0766 e. The molecule has 0 amide bonds. The number of rotatable bonds is 2. The van der Waals surface area contributed by atoms with Crippen LogP contribution in [-0.4, -0.2) is 18.2 Å². The first-order chi connectivity index (χ1) is 7.27. The molecule has 15 heavy (non-hydrogen) atoms. The van der Waals surface area contributed by atoms with Crippen molar-refractivity contribution in [1.82, 2.24) is 4.98 Å². The molecule has 0 unspecified atom stereocenters. The van der Waals surface area contributed by atoms with Crippen LogP contribution in [0.5, 0.6) is 0 Å². The van der Waals surface area contributed by atoms with Crippen LogP contribution in [0.25, 0.3) is 0 Å². The molecule has 82 valence electrons. The first-order valence-corrected chi connectivity index (χ1v) is 5.34. The minimum absolute atomic E-state index is 0.632. The summed E-state index contributed by atoms with van der Waals surface area (Å²) in [5, 5.41) is 0. The van der Waals surface area contributed by atoms with Gasteiger partial charge >= 0.3 is 0 Å². The van der Waals surface area contributed by atoms with E-state index in [1.165, 1.54) is 0 Å². The maximum atomic E-state index is 5.88. The van der Waals surface area contributed by atoms with E-state index in [0.29, 0.717) is 17.3 Å². The van der Waals surface area contributed by atoms with E-state index in [1.54, 1.807) is 12.3 Å². The Morgan fingerprint density at radius 3 is 2.80 bits per heavy atom. The Balaban J connectivity index is 2.06. The van der Waals surface area contributed by atoms with E-state index in [2.05, 4.69) is 4.98 Å². The lowest BCUT2D eigenvalue weighted by atomic mass is 9.94. The Bertz CT molecular complexity index is 335. The fourth-order valence-electron chi connectivity index (χ4n) is 1.92. The van der Waals surface area contributed by atoms with Crippen LogP contribution in [-0.2, 0) is 11.2 Å². The molecule has 1 saturated heterocycles. The fraction of sp³-hybridized carbons (Fsp3) is 0.545. The van der Waals surface area contributed by atoms with Crippen molar-refractivity contribution >= 4 is 11.4 Å². The predicted octanol–water partition coefficient (Wildman–Crippen LogP) is 1.22. The molecule has 0 atom stereocenters. The van der Waals surface area contributed by atoms with Gasteiger partial charge in [-0.2, -0.15) is 0 Å². The van der Waals surface area contributed by atoms with Crippen LogP contribution < -0.4 is 11.5 Å². The highest BCUT2D eigenvalue weighted by molar-refractivity contribution is 5.64. The summed E-state index contributed by atoms with van der Waals surface area (Å²) in [7, 11) is 0. The molecule has 1 fully saturated rings. The highest BCUT2D eigenvalue weighted by atomic mass is 16.5. The zero-order valence-electron chi connectivity index (χ0n) is 8.78. The van der Waals surface area contributed by atoms with Crippen molar-refractivity contribution in [1.29, 1.82) is 0 Å². The van der Waals surface area contributed by atoms with Gasteiger partial charge in [0.05, 0.1) is 17.1 Å². The van der Waals surface area contributed by atoms with E-state index in [0.717, 1.165) is 38.2 Å². The number of nitrogens with zero attached hydrogens (tertiary/aromatic N) is 1. The van der Waals surface area contributed by atoms with Crippen molar-refractivity contribution in [3.8, 4) is 0 Å². The third-order valence-electron chi connectivity index (χ3n) is 2.93. The first-order valence-electron chi connectivity index (χ1n) is 5.34. The molecular formula is C11H17N3O. The Labute approximate surface area is 89.6 Å². The molecule has 0 bridgehead atoms. The largest absolute Gasteiger partial charge is 0.397 e. The lowest BCUT2D eigenvalue weighted by molar-refractivity contribution is 0.0663. The van der Waals surface area contributed by atoms with Crippen molar-refractivity contribution in [2.24, 2.45) is 5.92 Å². The standard InChI is InChI=1S/C11H17N3O/c12-9-1-4-14-10(11(9)13)7-8-2-5-15-6-3-8/h1,4,8H,2-3,5-7,13H2,(H2,12,14). The Kier molecular flexibility index (Phi) is 3.06. The van der Waals surface area contributed by atoms with Gasteiger partial charge in [-0.15, -0.1) is 0 Å². The number of nitrogen functional groups attached to an aromatic ring is 2. The summed E-state index contributed by atoms with van der Waals surface area (Å²) in [5.41, 5.74) is 13.8. The van der Waals surface area contributed by atoms with Gasteiger partial charge in [0.25, 0.3) is 0 Å². The summed E-state index contributed by atoms with van der Waals surface area (Å²) >= 11 is 0. The topological polar surface area (TPSA) is 74.2 Å². The zero-order valence-corrected chi connectivity index (χ0v) is 8.78. The van der Waals surface area contributed by atoms with Crippen LogP contribution in [0.1, 0.15) is 18.5 Å². The van der Waals surface area contributed by atoms with Crippen molar-refractivity contribution < 1.29 is 4.74 Å². The van der Waals surface area contributed by atoms with Crippen LogP contribution >= 0.6 is 0 Å². The predicted molar refractivity (Wildman–Crippen MR) is 60.3 cm³/mol. The normalized spacial score (nSPS) is 17.9. The van der Waals surface area contributed by atoms with E-state index >= 15 is 0 Å². The molecule has 4 nitrogen and oxygen atoms in total. The number of pyridine rings is 1. The summed E-state index contributed by atoms with van der Waals surface area (Å²) in [6, 6.07) is 1.74. The molecule has 1 aromatic rings. The van der Waals surface area contributed by atoms with E-state index in [9.17, 15) is 0 Å². The first kappa shape index (κ1) is 10.2. The third-order valence-corrected chi connectivity index (χ3v) is 2.93. The number of hydrogen-bond acceptors (Lipinski definition) is 4. The number of anilines is 2. The van der Waals surface area contributed by atoms with E-state index in [1.807, 2.05) is 0 Å². The Morgan fingerprint density at radius 1 is 1.33 bits per heavy atom. The second-order valence-corrected chi connectivity index (χ2v) is 4.02. The minimum Gasteiger partial charge on any atom is -0.397 e. The molecule has 0 saturated carbocycles. The number of hydrogen-bond donors (Lipinski definition) is 2. The molecule has 4 N–H and O–H groups in total. The molecule has 1 aliphatic heterocycles. The number of nitrogens with two attached hydrogens (primary N) is 2. The monoisotopic (exact) mass is 207 g/mol. The summed E-state index contributed by atoms with van der Waals surface area (Å²) in [4.78, 5) is 4.29. The quantitative estimate of drug-likeness (QED) is 0.764. The van der Waals surface area contributed by atoms with Crippen LogP contribution in [0.2, 0.25) is 0 Å². The van der Waals surface area contributed by atoms with Gasteiger partial charge in [0.2, 0.25) is 0 Å². The molecule has 0 spiro atoms. The van der Waals surface area contributed by atoms with Crippen LogP contribution in [0.3, 0.4) is 0 Å². The molecular weight excluding hydrogens is 190 g/mol. The number of aromatic nitrogens is 1. The van der Waals surface area contributed by atoms with Gasteiger partial charge in [0.1, 0.15) is 0 Å². The SMILES string of the molecule is Nc1ccnc(CC2CCOCC2)c1N. The summed E-state index contributed by atoms with van der Waals surface area (Å²) in [6.07, 6.45) is 4.83. The second-order valence-electron chi connectivity index (χ2n) is 4.02. The summed E-state index contributed by atoms with van der Waals surface area (Å²) in [6.45, 7) is 1.71. The van der Waals surface area contributed by atoms with Gasteiger partial charge in [0, 0.05) is 19.4 Å². The Hall–Kier alpha value is -1.29. The van der Waals surface area contributed by atoms with Gasteiger partial charge < -0.3 is 16.2 Å². The maximum absolute atomic E-state index is 5.88. The second kappa shape index (κ2) is 4.49. The van der Waals surface area contributed by atoms with Crippen LogP contribution in [0.15, 0.2) is 12.3 Å².